The molecule has 1 aromatic carbocycles. The van der Waals surface area contributed by atoms with Gasteiger partial charge in [0.15, 0.2) is 11.2 Å². The summed E-state index contributed by atoms with van der Waals surface area (Å²) in [5.74, 6) is 6.03. The summed E-state index contributed by atoms with van der Waals surface area (Å²) in [5, 5.41) is 7.74. The van der Waals surface area contributed by atoms with Crippen LogP contribution in [0, 0.1) is 18.8 Å². The minimum atomic E-state index is -0.501. The summed E-state index contributed by atoms with van der Waals surface area (Å²) in [6.45, 7) is 7.10. The van der Waals surface area contributed by atoms with Crippen molar-refractivity contribution in [2.45, 2.75) is 51.6 Å². The minimum absolute atomic E-state index is 0.229. The first kappa shape index (κ1) is 22.9. The maximum Gasteiger partial charge on any atom is 0.349 e. The topological polar surface area (TPSA) is 112 Å². The highest BCUT2D eigenvalue weighted by Gasteiger charge is 2.42. The van der Waals surface area contributed by atoms with Gasteiger partial charge in [-0.15, -0.1) is 5.92 Å². The van der Waals surface area contributed by atoms with E-state index in [4.69, 9.17) is 4.98 Å². The Morgan fingerprint density at radius 3 is 2.83 bits per heavy atom. The van der Waals surface area contributed by atoms with Crippen LogP contribution in [-0.2, 0) is 6.42 Å². The molecule has 9 nitrogen and oxygen atoms in total. The van der Waals surface area contributed by atoms with E-state index in [1.165, 1.54) is 11.0 Å². The first-order valence-electron chi connectivity index (χ1n) is 11.9. The van der Waals surface area contributed by atoms with Crippen molar-refractivity contribution in [1.29, 1.82) is 0 Å². The number of nitrogens with one attached hydrogen (secondary N) is 3. The van der Waals surface area contributed by atoms with Crippen LogP contribution in [0.5, 0.6) is 0 Å². The van der Waals surface area contributed by atoms with Crippen molar-refractivity contribution < 1.29 is 0 Å². The number of piperidine rings is 1. The van der Waals surface area contributed by atoms with Gasteiger partial charge in [0.05, 0.1) is 24.6 Å². The molecule has 180 valence electrons. The molecule has 5 rings (SSSR count). The fourth-order valence-corrected chi connectivity index (χ4v) is 5.25. The van der Waals surface area contributed by atoms with Gasteiger partial charge >= 0.3 is 11.2 Å². The highest BCUT2D eigenvalue weighted by molar-refractivity contribution is 5.87. The second-order valence-corrected chi connectivity index (χ2v) is 9.29. The Labute approximate surface area is 202 Å². The van der Waals surface area contributed by atoms with Crippen LogP contribution in [-0.4, -0.2) is 49.3 Å². The number of aromatic amines is 2. The van der Waals surface area contributed by atoms with E-state index in [9.17, 15) is 9.59 Å². The average molecular weight is 472 g/mol. The van der Waals surface area contributed by atoms with Gasteiger partial charge in [-0.3, -0.25) is 20.1 Å². The lowest BCUT2D eigenvalue weighted by Gasteiger charge is -2.49. The van der Waals surface area contributed by atoms with Gasteiger partial charge < -0.3 is 9.99 Å². The van der Waals surface area contributed by atoms with E-state index >= 15 is 0 Å². The first-order valence-corrected chi connectivity index (χ1v) is 11.9. The lowest BCUT2D eigenvalue weighted by atomic mass is 9.80. The average Bonchev–Trinajstić information content (AvgIpc) is 3.32. The van der Waals surface area contributed by atoms with Crippen LogP contribution in [0.2, 0.25) is 0 Å². The molecule has 0 aliphatic carbocycles. The molecule has 0 radical (unpaired) electrons. The van der Waals surface area contributed by atoms with Crippen molar-refractivity contribution in [3.63, 3.8) is 0 Å². The van der Waals surface area contributed by atoms with Crippen LogP contribution >= 0.6 is 0 Å². The summed E-state index contributed by atoms with van der Waals surface area (Å²) < 4.78 is 1.23. The third-order valence-corrected chi connectivity index (χ3v) is 7.12. The highest BCUT2D eigenvalue weighted by atomic mass is 16.2. The van der Waals surface area contributed by atoms with Crippen LogP contribution in [0.15, 0.2) is 46.4 Å². The number of hydrogen-bond donors (Lipinski definition) is 3. The summed E-state index contributed by atoms with van der Waals surface area (Å²) >= 11 is 0. The Morgan fingerprint density at radius 1 is 1.23 bits per heavy atom. The number of nitrogens with zero attached hydrogens (tertiary/aromatic N) is 4. The number of imidazole rings is 1. The van der Waals surface area contributed by atoms with Crippen molar-refractivity contribution >= 4 is 21.9 Å². The Kier molecular flexibility index (Phi) is 5.91. The Morgan fingerprint density at radius 2 is 2.03 bits per heavy atom. The zero-order valence-electron chi connectivity index (χ0n) is 20.2. The van der Waals surface area contributed by atoms with Gasteiger partial charge in [0, 0.05) is 30.1 Å². The van der Waals surface area contributed by atoms with Gasteiger partial charge in [0.25, 0.3) is 0 Å². The minimum Gasteiger partial charge on any atom is -0.339 e. The van der Waals surface area contributed by atoms with Crippen LogP contribution in [0.3, 0.4) is 0 Å². The molecule has 1 unspecified atom stereocenters. The summed E-state index contributed by atoms with van der Waals surface area (Å²) in [5.41, 5.74) is 1.26. The fourth-order valence-electron chi connectivity index (χ4n) is 5.25. The normalized spacial score (nSPS) is 20.2. The quantitative estimate of drug-likeness (QED) is 0.384. The van der Waals surface area contributed by atoms with Gasteiger partial charge in [-0.05, 0) is 44.6 Å². The molecular formula is C26H29N7O2. The fraction of sp³-hybridized carbons (Fsp3) is 0.385. The lowest BCUT2D eigenvalue weighted by molar-refractivity contribution is 0.198. The molecule has 0 spiro atoms. The molecule has 9 heteroatoms. The number of benzene rings is 1. The van der Waals surface area contributed by atoms with E-state index in [2.05, 4.69) is 58.1 Å². The molecule has 2 atom stereocenters. The van der Waals surface area contributed by atoms with Crippen LogP contribution in [0.4, 0.5) is 0 Å². The third kappa shape index (κ3) is 4.00. The van der Waals surface area contributed by atoms with Crippen LogP contribution < -0.4 is 21.6 Å². The van der Waals surface area contributed by atoms with E-state index in [0.717, 1.165) is 34.9 Å². The number of aromatic nitrogens is 5. The summed E-state index contributed by atoms with van der Waals surface area (Å²) in [6, 6.07) is 8.00. The van der Waals surface area contributed by atoms with Crippen LogP contribution in [0.25, 0.3) is 21.9 Å². The maximum absolute atomic E-state index is 13.4. The van der Waals surface area contributed by atoms with Crippen molar-refractivity contribution in [1.82, 2.24) is 29.9 Å². The number of pyridine rings is 1. The Bertz CT molecular complexity index is 1570. The maximum atomic E-state index is 13.4. The van der Waals surface area contributed by atoms with Crippen LogP contribution in [0.1, 0.15) is 37.9 Å². The van der Waals surface area contributed by atoms with Crippen molar-refractivity contribution in [2.24, 2.45) is 0 Å². The second kappa shape index (κ2) is 9.04. The smallest absolute Gasteiger partial charge is 0.339 e. The van der Waals surface area contributed by atoms with Crippen molar-refractivity contribution in [3.8, 4) is 11.8 Å². The molecule has 1 aliphatic heterocycles. The largest absolute Gasteiger partial charge is 0.349 e. The first-order chi connectivity index (χ1) is 16.9. The highest BCUT2D eigenvalue weighted by Crippen LogP contribution is 2.31. The molecule has 0 amide bonds. The van der Waals surface area contributed by atoms with Gasteiger partial charge in [-0.1, -0.05) is 30.2 Å². The number of hydrogen-bond acceptors (Lipinski definition) is 6. The summed E-state index contributed by atoms with van der Waals surface area (Å²) in [6.07, 6.45) is 5.55. The molecule has 35 heavy (non-hydrogen) atoms. The lowest BCUT2D eigenvalue weighted by Crippen LogP contribution is -2.69. The molecule has 0 bridgehead atoms. The molecule has 3 aromatic heterocycles. The van der Waals surface area contributed by atoms with Crippen molar-refractivity contribution in [3.05, 3.63) is 68.9 Å². The van der Waals surface area contributed by atoms with Gasteiger partial charge in [-0.25, -0.2) is 9.78 Å². The second-order valence-electron chi connectivity index (χ2n) is 9.29. The monoisotopic (exact) mass is 471 g/mol. The SMILES string of the molecule is CC#CCN[C@]1(C)CCCN(n2c(=O)[nH]c3nc[nH]c3c2=O)C1Cc1ncc(C)c2ccccc12. The molecule has 1 saturated heterocycles. The predicted octanol–water partition coefficient (Wildman–Crippen LogP) is 1.98. The van der Waals surface area contributed by atoms with Gasteiger partial charge in [-0.2, -0.15) is 4.68 Å². The van der Waals surface area contributed by atoms with Gasteiger partial charge in [0.1, 0.15) is 0 Å². The van der Waals surface area contributed by atoms with E-state index in [1.54, 1.807) is 0 Å². The van der Waals surface area contributed by atoms with E-state index in [1.807, 2.05) is 30.3 Å². The number of H-pyrrole nitrogens is 2. The summed E-state index contributed by atoms with van der Waals surface area (Å²) in [4.78, 5) is 41.0. The van der Waals surface area contributed by atoms with E-state index in [0.29, 0.717) is 19.5 Å². The van der Waals surface area contributed by atoms with Crippen molar-refractivity contribution in [2.75, 3.05) is 18.1 Å². The van der Waals surface area contributed by atoms with E-state index in [-0.39, 0.29) is 17.2 Å². The molecule has 0 saturated carbocycles. The Balaban J connectivity index is 1.66. The molecule has 4 aromatic rings. The zero-order chi connectivity index (χ0) is 24.6. The number of fused-ring (bicyclic) bond motifs is 2. The standard InChI is InChI=1S/C26H29N7O2/c1-4-5-12-30-26(3)11-8-13-32(33-24(34)22-23(29-16-28-22)31-25(33)35)21(26)14-20-19-10-7-6-9-18(19)17(2)15-27-20/h6-7,9-10,15-16,21,30H,8,11-14H2,1-3H3,(H,28,29)(H,31,35)/t21?,26-/m1/s1. The number of aryl methyl sites for hydroxylation is 1. The zero-order valence-corrected chi connectivity index (χ0v) is 20.2. The predicted molar refractivity (Wildman–Crippen MR) is 137 cm³/mol. The number of rotatable bonds is 5. The molecule has 3 N–H and O–H groups in total. The third-order valence-electron chi connectivity index (χ3n) is 7.12. The molecular weight excluding hydrogens is 442 g/mol. The van der Waals surface area contributed by atoms with Gasteiger partial charge in [0.2, 0.25) is 0 Å². The molecule has 1 aliphatic rings. The summed E-state index contributed by atoms with van der Waals surface area (Å²) in [7, 11) is 0. The van der Waals surface area contributed by atoms with E-state index < -0.39 is 16.8 Å². The Hall–Kier alpha value is -3.90. The molecule has 1 fully saturated rings. The molecule has 4 heterocycles.